The Morgan fingerprint density at radius 2 is 2.04 bits per heavy atom. The molecule has 5 N–H and O–H groups in total. The summed E-state index contributed by atoms with van der Waals surface area (Å²) in [5.74, 6) is -0.476. The summed E-state index contributed by atoms with van der Waals surface area (Å²) in [7, 11) is -3.77. The largest absolute Gasteiger partial charge is 0.366 e. The van der Waals surface area contributed by atoms with Gasteiger partial charge >= 0.3 is 0 Å². The summed E-state index contributed by atoms with van der Waals surface area (Å²) in [6.07, 6.45) is 3.70. The van der Waals surface area contributed by atoms with Gasteiger partial charge in [-0.05, 0) is 43.4 Å². The highest BCUT2D eigenvalue weighted by molar-refractivity contribution is 7.89. The van der Waals surface area contributed by atoms with E-state index < -0.39 is 21.5 Å². The van der Waals surface area contributed by atoms with Crippen LogP contribution in [0.3, 0.4) is 0 Å². The van der Waals surface area contributed by atoms with E-state index in [9.17, 15) is 13.2 Å². The van der Waals surface area contributed by atoms with Crippen molar-refractivity contribution in [1.82, 2.24) is 4.72 Å². The van der Waals surface area contributed by atoms with Crippen LogP contribution >= 0.6 is 12.4 Å². The topological polar surface area (TPSA) is 115 Å². The van der Waals surface area contributed by atoms with Crippen molar-refractivity contribution in [3.63, 3.8) is 0 Å². The molecule has 24 heavy (non-hydrogen) atoms. The fraction of sp³-hybridized carbons (Fsp3) is 0.562. The van der Waals surface area contributed by atoms with E-state index in [1.165, 1.54) is 12.1 Å². The second kappa shape index (κ2) is 7.82. The number of rotatable bonds is 5. The Bertz CT molecular complexity index is 709. The Labute approximate surface area is 149 Å². The Kier molecular flexibility index (Phi) is 6.81. The number of hydrogen-bond acceptors (Lipinski definition) is 4. The van der Waals surface area contributed by atoms with Crippen molar-refractivity contribution in [3.05, 3.63) is 29.3 Å². The quantitative estimate of drug-likeness (QED) is 0.726. The molecule has 2 unspecified atom stereocenters. The lowest BCUT2D eigenvalue weighted by atomic mass is 9.74. The van der Waals surface area contributed by atoms with Gasteiger partial charge in [0, 0.05) is 17.6 Å². The van der Waals surface area contributed by atoms with E-state index in [-0.39, 0.29) is 35.3 Å². The van der Waals surface area contributed by atoms with Crippen LogP contribution in [0.4, 0.5) is 0 Å². The zero-order valence-corrected chi connectivity index (χ0v) is 15.7. The van der Waals surface area contributed by atoms with Crippen LogP contribution < -0.4 is 16.2 Å². The maximum atomic E-state index is 12.8. The summed E-state index contributed by atoms with van der Waals surface area (Å²) in [4.78, 5) is 11.5. The predicted molar refractivity (Wildman–Crippen MR) is 96.7 cm³/mol. The molecule has 0 aliphatic heterocycles. The number of sulfonamides is 1. The lowest BCUT2D eigenvalue weighted by Crippen LogP contribution is -2.58. The van der Waals surface area contributed by atoms with Gasteiger partial charge in [0.15, 0.2) is 0 Å². The standard InChI is InChI=1S/C16H25N3O3S.ClH/c1-11-6-7-13(9-14(11)15(18)20)23(21,22)19-16(10-17)8-4-3-5-12(16)2;/h6-7,9,12,19H,3-5,8,10,17H2,1-2H3,(H2,18,20);1H. The molecule has 136 valence electrons. The normalized spacial score (nSPS) is 24.2. The van der Waals surface area contributed by atoms with E-state index in [2.05, 4.69) is 4.72 Å². The van der Waals surface area contributed by atoms with Gasteiger partial charge in [-0.2, -0.15) is 0 Å². The number of nitrogens with two attached hydrogens (primary N) is 2. The van der Waals surface area contributed by atoms with Crippen molar-refractivity contribution in [2.75, 3.05) is 6.54 Å². The van der Waals surface area contributed by atoms with Gasteiger partial charge in [-0.3, -0.25) is 4.79 Å². The molecule has 1 aliphatic rings. The number of aryl methyl sites for hydroxylation is 1. The first-order valence-electron chi connectivity index (χ1n) is 7.86. The van der Waals surface area contributed by atoms with Gasteiger partial charge in [-0.25, -0.2) is 13.1 Å². The first-order valence-corrected chi connectivity index (χ1v) is 9.35. The SMILES string of the molecule is Cc1ccc(S(=O)(=O)NC2(CN)CCCCC2C)cc1C(N)=O.Cl. The molecule has 6 nitrogen and oxygen atoms in total. The summed E-state index contributed by atoms with van der Waals surface area (Å²) < 4.78 is 28.4. The van der Waals surface area contributed by atoms with Gasteiger partial charge in [0.2, 0.25) is 15.9 Å². The second-order valence-corrected chi connectivity index (χ2v) is 8.14. The molecule has 0 spiro atoms. The molecule has 1 fully saturated rings. The summed E-state index contributed by atoms with van der Waals surface area (Å²) in [5.41, 5.74) is 11.5. The Morgan fingerprint density at radius 1 is 1.38 bits per heavy atom. The minimum atomic E-state index is -3.77. The van der Waals surface area contributed by atoms with E-state index in [1.807, 2.05) is 6.92 Å². The van der Waals surface area contributed by atoms with E-state index in [1.54, 1.807) is 13.0 Å². The number of halogens is 1. The van der Waals surface area contributed by atoms with Crippen molar-refractivity contribution < 1.29 is 13.2 Å². The molecule has 0 saturated heterocycles. The van der Waals surface area contributed by atoms with E-state index in [0.717, 1.165) is 25.7 Å². The van der Waals surface area contributed by atoms with Crippen LogP contribution in [0, 0.1) is 12.8 Å². The molecule has 0 radical (unpaired) electrons. The minimum Gasteiger partial charge on any atom is -0.366 e. The van der Waals surface area contributed by atoms with Gasteiger partial charge in [0.25, 0.3) is 0 Å². The highest BCUT2D eigenvalue weighted by Gasteiger charge is 2.40. The van der Waals surface area contributed by atoms with Crippen LogP contribution in [-0.4, -0.2) is 26.4 Å². The molecule has 1 saturated carbocycles. The third-order valence-electron chi connectivity index (χ3n) is 4.94. The van der Waals surface area contributed by atoms with Crippen LogP contribution in [0.1, 0.15) is 48.5 Å². The van der Waals surface area contributed by atoms with Gasteiger partial charge in [0.1, 0.15) is 0 Å². The number of amides is 1. The summed E-state index contributed by atoms with van der Waals surface area (Å²) >= 11 is 0. The van der Waals surface area contributed by atoms with Crippen LogP contribution in [0.25, 0.3) is 0 Å². The third kappa shape index (κ3) is 4.08. The molecule has 2 atom stereocenters. The number of nitrogens with one attached hydrogen (secondary N) is 1. The van der Waals surface area contributed by atoms with Crippen LogP contribution in [0.15, 0.2) is 23.1 Å². The molecule has 0 bridgehead atoms. The molecule has 1 aromatic rings. The smallest absolute Gasteiger partial charge is 0.249 e. The number of benzene rings is 1. The zero-order chi connectivity index (χ0) is 17.3. The molecule has 1 aromatic carbocycles. The minimum absolute atomic E-state index is 0. The third-order valence-corrected chi connectivity index (χ3v) is 6.49. The summed E-state index contributed by atoms with van der Waals surface area (Å²) in [6, 6.07) is 4.41. The fourth-order valence-electron chi connectivity index (χ4n) is 3.27. The maximum Gasteiger partial charge on any atom is 0.249 e. The van der Waals surface area contributed by atoms with Crippen LogP contribution in [0.2, 0.25) is 0 Å². The maximum absolute atomic E-state index is 12.8. The van der Waals surface area contributed by atoms with Gasteiger partial charge in [-0.15, -0.1) is 12.4 Å². The molecule has 0 heterocycles. The predicted octanol–water partition coefficient (Wildman–Crippen LogP) is 1.70. The second-order valence-electron chi connectivity index (χ2n) is 6.45. The molecule has 2 rings (SSSR count). The van der Waals surface area contributed by atoms with Crippen molar-refractivity contribution in [2.45, 2.75) is 50.0 Å². The Morgan fingerprint density at radius 3 is 2.58 bits per heavy atom. The Hall–Kier alpha value is -1.15. The van der Waals surface area contributed by atoms with Gasteiger partial charge < -0.3 is 11.5 Å². The van der Waals surface area contributed by atoms with Crippen molar-refractivity contribution in [1.29, 1.82) is 0 Å². The first kappa shape index (κ1) is 20.9. The number of hydrogen-bond donors (Lipinski definition) is 3. The summed E-state index contributed by atoms with van der Waals surface area (Å²) in [6.45, 7) is 3.99. The van der Waals surface area contributed by atoms with Crippen molar-refractivity contribution in [3.8, 4) is 0 Å². The molecule has 0 aromatic heterocycles. The number of carbonyl (C=O) groups is 1. The average Bonchev–Trinajstić information content (AvgIpc) is 2.49. The average molecular weight is 376 g/mol. The molecular formula is C16H26ClN3O3S. The lowest BCUT2D eigenvalue weighted by Gasteiger charge is -2.42. The first-order chi connectivity index (χ1) is 10.7. The Balaban J connectivity index is 0.00000288. The highest BCUT2D eigenvalue weighted by atomic mass is 35.5. The highest BCUT2D eigenvalue weighted by Crippen LogP contribution is 2.34. The summed E-state index contributed by atoms with van der Waals surface area (Å²) in [5, 5.41) is 0. The number of carbonyl (C=O) groups excluding carboxylic acids is 1. The fourth-order valence-corrected chi connectivity index (χ4v) is 4.83. The molecule has 1 amide bonds. The molecule has 1 aliphatic carbocycles. The number of primary amides is 1. The van der Waals surface area contributed by atoms with Gasteiger partial charge in [0.05, 0.1) is 4.90 Å². The van der Waals surface area contributed by atoms with Crippen molar-refractivity contribution >= 4 is 28.3 Å². The van der Waals surface area contributed by atoms with Crippen LogP contribution in [0.5, 0.6) is 0 Å². The van der Waals surface area contributed by atoms with E-state index in [0.29, 0.717) is 5.56 Å². The van der Waals surface area contributed by atoms with E-state index in [4.69, 9.17) is 11.5 Å². The van der Waals surface area contributed by atoms with E-state index >= 15 is 0 Å². The molecular weight excluding hydrogens is 350 g/mol. The van der Waals surface area contributed by atoms with Crippen LogP contribution in [-0.2, 0) is 10.0 Å². The molecule has 8 heteroatoms. The van der Waals surface area contributed by atoms with Crippen molar-refractivity contribution in [2.24, 2.45) is 17.4 Å². The van der Waals surface area contributed by atoms with Gasteiger partial charge in [-0.1, -0.05) is 25.8 Å². The lowest BCUT2D eigenvalue weighted by molar-refractivity contribution is 0.0999. The monoisotopic (exact) mass is 375 g/mol. The zero-order valence-electron chi connectivity index (χ0n) is 14.0.